The molecule has 4 aromatic rings. The minimum Gasteiger partial charge on any atom is -0.479 e. The van der Waals surface area contributed by atoms with Crippen LogP contribution in [0.25, 0.3) is 0 Å². The van der Waals surface area contributed by atoms with Gasteiger partial charge in [0.2, 0.25) is 0 Å². The van der Waals surface area contributed by atoms with Gasteiger partial charge in [-0.1, -0.05) is 81.4 Å². The van der Waals surface area contributed by atoms with Gasteiger partial charge in [-0.05, 0) is 118 Å². The molecule has 0 saturated heterocycles. The lowest BCUT2D eigenvalue weighted by Gasteiger charge is -2.22. The molecule has 0 aliphatic heterocycles. The molecule has 0 saturated carbocycles. The van der Waals surface area contributed by atoms with E-state index in [9.17, 15) is 39.0 Å². The molecule has 0 aromatic heterocycles. The summed E-state index contributed by atoms with van der Waals surface area (Å²) in [5.74, 6) is -3.56. The fourth-order valence-electron chi connectivity index (χ4n) is 5.99. The number of aliphatic hydroxyl groups excluding tert-OH is 2. The number of esters is 2. The van der Waals surface area contributed by atoms with Crippen LogP contribution in [0.1, 0.15) is 88.7 Å². The quantitative estimate of drug-likeness (QED) is 0.0431. The number of aliphatic hydroxyl groups is 2. The van der Waals surface area contributed by atoms with E-state index < -0.39 is 59.3 Å². The Morgan fingerprint density at radius 2 is 1.03 bits per heavy atom. The third-order valence-electron chi connectivity index (χ3n) is 9.54. The Balaban J connectivity index is 0.000000479. The third-order valence-corrected chi connectivity index (χ3v) is 9.74. The summed E-state index contributed by atoms with van der Waals surface area (Å²) < 4.78 is 10.1. The predicted molar refractivity (Wildman–Crippen MR) is 245 cm³/mol. The average molecular weight is 908 g/mol. The number of halogens is 1. The van der Waals surface area contributed by atoms with Crippen molar-refractivity contribution in [1.82, 2.24) is 10.2 Å². The van der Waals surface area contributed by atoms with Gasteiger partial charge in [0.15, 0.2) is 12.2 Å². The van der Waals surface area contributed by atoms with Crippen LogP contribution in [-0.2, 0) is 32.0 Å². The molecule has 0 heterocycles. The zero-order valence-corrected chi connectivity index (χ0v) is 38.6. The minimum absolute atomic E-state index is 0.141. The van der Waals surface area contributed by atoms with Gasteiger partial charge in [-0.25, -0.2) is 9.59 Å². The van der Waals surface area contributed by atoms with Gasteiger partial charge in [0, 0.05) is 42.1 Å². The van der Waals surface area contributed by atoms with E-state index in [0.717, 1.165) is 16.7 Å². The summed E-state index contributed by atoms with van der Waals surface area (Å²) in [6, 6.07) is 23.0. The Morgan fingerprint density at radius 3 is 1.39 bits per heavy atom. The van der Waals surface area contributed by atoms with E-state index in [1.54, 1.807) is 76.2 Å². The zero-order valence-electron chi connectivity index (χ0n) is 37.9. The molecule has 7 N–H and O–H groups in total. The molecule has 15 nitrogen and oxygen atoms in total. The number of rotatable bonds is 16. The van der Waals surface area contributed by atoms with Gasteiger partial charge in [0.1, 0.15) is 11.5 Å². The standard InChI is InChI=1S/C21H23NO6.C11H11ClO3.C10H13NO3.C6H15N/c1-12-9-16(13(2)18(10-12)28-14(3)23)20(25)22-17(19(24)21(26)27)11-15-7-5-4-6-8-15;1-6-4-9(11(12)14)7(2)10(5-6)15-8(3)13;11-8(9(12)10(13)14)6-7-4-2-1-3-5-7;1-4-7(5-2)6-3/h4-10,17,19,24H,11H2,1-3H3,(H,22,25)(H,26,27);4-5H,1-3H3;1-5,8-9,12H,6,11H2,(H,13,14);4-6H2,1-3H3/t17-,19-;;8-,9-;/m0.0./s1. The maximum absolute atomic E-state index is 12.8. The number of carboxylic acid groups (broad SMARTS) is 2. The number of aliphatic carboxylic acids is 2. The van der Waals surface area contributed by atoms with Crippen molar-refractivity contribution in [3.63, 3.8) is 0 Å². The van der Waals surface area contributed by atoms with Gasteiger partial charge >= 0.3 is 23.9 Å². The Kier molecular flexibility index (Phi) is 25.1. The van der Waals surface area contributed by atoms with Crippen LogP contribution in [0.3, 0.4) is 0 Å². The highest BCUT2D eigenvalue weighted by molar-refractivity contribution is 6.68. The Morgan fingerprint density at radius 1 is 0.641 bits per heavy atom. The summed E-state index contributed by atoms with van der Waals surface area (Å²) in [5, 5.41) is 38.9. The highest BCUT2D eigenvalue weighted by atomic mass is 35.5. The van der Waals surface area contributed by atoms with Crippen LogP contribution in [0, 0.1) is 27.7 Å². The molecule has 0 aliphatic rings. The first kappa shape index (κ1) is 56.0. The maximum atomic E-state index is 12.8. The smallest absolute Gasteiger partial charge is 0.334 e. The molecule has 0 bridgehead atoms. The highest BCUT2D eigenvalue weighted by Gasteiger charge is 2.29. The first-order valence-corrected chi connectivity index (χ1v) is 20.9. The van der Waals surface area contributed by atoms with Crippen molar-refractivity contribution < 1.29 is 58.7 Å². The molecule has 0 unspecified atom stereocenters. The molecular formula is C48H62ClN3O12. The van der Waals surface area contributed by atoms with E-state index >= 15 is 0 Å². The van der Waals surface area contributed by atoms with Gasteiger partial charge in [-0.3, -0.25) is 19.2 Å². The number of hydrogen-bond acceptors (Lipinski definition) is 12. The van der Waals surface area contributed by atoms with E-state index in [0.29, 0.717) is 34.4 Å². The Bertz CT molecular complexity index is 2140. The van der Waals surface area contributed by atoms with Crippen LogP contribution >= 0.6 is 11.6 Å². The third kappa shape index (κ3) is 20.0. The van der Waals surface area contributed by atoms with Crippen molar-refractivity contribution >= 4 is 46.6 Å². The number of hydrogen-bond donors (Lipinski definition) is 6. The number of nitrogens with two attached hydrogens (primary N) is 1. The second-order valence-corrected chi connectivity index (χ2v) is 15.0. The molecule has 64 heavy (non-hydrogen) atoms. The van der Waals surface area contributed by atoms with Crippen molar-refractivity contribution in [2.24, 2.45) is 5.73 Å². The lowest BCUT2D eigenvalue weighted by molar-refractivity contribution is -0.148. The largest absolute Gasteiger partial charge is 0.479 e. The van der Waals surface area contributed by atoms with Crippen molar-refractivity contribution in [2.45, 2.75) is 99.4 Å². The van der Waals surface area contributed by atoms with Crippen LogP contribution in [-0.4, -0.2) is 104 Å². The number of nitrogens with zero attached hydrogens (tertiary/aromatic N) is 1. The fraction of sp³-hybridized carbons (Fsp3) is 0.375. The zero-order chi connectivity index (χ0) is 48.7. The highest BCUT2D eigenvalue weighted by Crippen LogP contribution is 2.26. The number of aryl methyl sites for hydroxylation is 2. The first-order chi connectivity index (χ1) is 30.1. The summed E-state index contributed by atoms with van der Waals surface area (Å²) >= 11 is 5.41. The SMILES string of the molecule is CC(=O)Oc1cc(C)cc(C(=O)Cl)c1C.CC(=O)Oc1cc(C)cc(C(=O)N[C@@H](Cc2ccccc2)[C@H](O)C(=O)O)c1C.CCN(CC)CC.N[C@@H](Cc1ccccc1)[C@H](O)C(=O)O. The van der Waals surface area contributed by atoms with Crippen molar-refractivity contribution in [2.75, 3.05) is 19.6 Å². The van der Waals surface area contributed by atoms with Gasteiger partial charge < -0.3 is 45.9 Å². The molecule has 0 spiro atoms. The van der Waals surface area contributed by atoms with Gasteiger partial charge in [0.25, 0.3) is 11.1 Å². The summed E-state index contributed by atoms with van der Waals surface area (Å²) in [4.78, 5) is 70.1. The molecule has 16 heteroatoms. The lowest BCUT2D eigenvalue weighted by Crippen LogP contribution is -2.48. The molecule has 348 valence electrons. The van der Waals surface area contributed by atoms with E-state index in [4.69, 9.17) is 37.0 Å². The van der Waals surface area contributed by atoms with Crippen molar-refractivity contribution in [1.29, 1.82) is 0 Å². The monoisotopic (exact) mass is 907 g/mol. The van der Waals surface area contributed by atoms with Crippen LogP contribution in [0.15, 0.2) is 84.9 Å². The molecule has 1 amide bonds. The molecule has 4 rings (SSSR count). The van der Waals surface area contributed by atoms with E-state index in [1.165, 1.54) is 33.5 Å². The van der Waals surface area contributed by atoms with E-state index in [2.05, 4.69) is 31.0 Å². The molecule has 4 atom stereocenters. The van der Waals surface area contributed by atoms with Crippen LogP contribution in [0.5, 0.6) is 11.5 Å². The predicted octanol–water partition coefficient (Wildman–Crippen LogP) is 5.97. The average Bonchev–Trinajstić information content (AvgIpc) is 3.23. The molecule has 0 aliphatic carbocycles. The van der Waals surface area contributed by atoms with Gasteiger partial charge in [-0.15, -0.1) is 0 Å². The molecule has 0 radical (unpaired) electrons. The summed E-state index contributed by atoms with van der Waals surface area (Å²) in [6.45, 7) is 19.6. The number of carbonyl (C=O) groups is 6. The fourth-order valence-corrected chi connectivity index (χ4v) is 6.19. The number of nitrogens with one attached hydrogen (secondary N) is 1. The van der Waals surface area contributed by atoms with Gasteiger partial charge in [-0.2, -0.15) is 0 Å². The minimum atomic E-state index is -1.78. The summed E-state index contributed by atoms with van der Waals surface area (Å²) in [7, 11) is 0. The number of amides is 1. The van der Waals surface area contributed by atoms with Crippen molar-refractivity contribution in [3.05, 3.63) is 129 Å². The number of benzene rings is 4. The summed E-state index contributed by atoms with van der Waals surface area (Å²) in [5.41, 5.74) is 10.4. The Labute approximate surface area is 380 Å². The van der Waals surface area contributed by atoms with E-state index in [1.807, 2.05) is 36.4 Å². The number of carboxylic acids is 2. The van der Waals surface area contributed by atoms with Crippen LogP contribution < -0.4 is 20.5 Å². The number of ether oxygens (including phenoxy) is 2. The second kappa shape index (κ2) is 28.7. The molecule has 4 aromatic carbocycles. The second-order valence-electron chi connectivity index (χ2n) is 14.6. The normalized spacial score (nSPS) is 12.2. The first-order valence-electron chi connectivity index (χ1n) is 20.5. The number of carbonyl (C=O) groups excluding carboxylic acids is 4. The van der Waals surface area contributed by atoms with E-state index in [-0.39, 0.29) is 17.7 Å². The molecule has 0 fully saturated rings. The van der Waals surface area contributed by atoms with Crippen LogP contribution in [0.2, 0.25) is 0 Å². The topological polar surface area (TPSA) is 243 Å². The molecular weight excluding hydrogens is 846 g/mol. The lowest BCUT2D eigenvalue weighted by atomic mass is 9.99. The maximum Gasteiger partial charge on any atom is 0.334 e. The van der Waals surface area contributed by atoms with Crippen LogP contribution in [0.4, 0.5) is 0 Å². The van der Waals surface area contributed by atoms with Crippen molar-refractivity contribution in [3.8, 4) is 11.5 Å². The van der Waals surface area contributed by atoms with Gasteiger partial charge in [0.05, 0.1) is 6.04 Å². The Hall–Kier alpha value is -5.97. The summed E-state index contributed by atoms with van der Waals surface area (Å²) in [6.07, 6.45) is -2.78.